The van der Waals surface area contributed by atoms with Crippen LogP contribution in [0.3, 0.4) is 0 Å². The van der Waals surface area contributed by atoms with Gasteiger partial charge < -0.3 is 0 Å². The third-order valence-electron chi connectivity index (χ3n) is 0.862. The van der Waals surface area contributed by atoms with Crippen molar-refractivity contribution in [1.29, 1.82) is 0 Å². The molecule has 0 N–H and O–H groups in total. The molecule has 0 radical (unpaired) electrons. The second-order valence-electron chi connectivity index (χ2n) is 1.51. The molecule has 0 saturated heterocycles. The molecule has 1 heterocycles. The van der Waals surface area contributed by atoms with Gasteiger partial charge in [0, 0.05) is 5.56 Å². The van der Waals surface area contributed by atoms with E-state index in [1.54, 1.807) is 13.0 Å². The Labute approximate surface area is 46.4 Å². The highest BCUT2D eigenvalue weighted by molar-refractivity contribution is 5.03. The van der Waals surface area contributed by atoms with Crippen LogP contribution in [0.25, 0.3) is 0 Å². The maximum absolute atomic E-state index is 12.1. The van der Waals surface area contributed by atoms with Crippen molar-refractivity contribution in [3.8, 4) is 0 Å². The normalized spacial score (nSPS) is 9.25. The van der Waals surface area contributed by atoms with Crippen molar-refractivity contribution in [2.45, 2.75) is 6.92 Å². The highest BCUT2D eigenvalue weighted by atomic mass is 19.1. The molecule has 1 aromatic rings. The Morgan fingerprint density at radius 3 is 2.75 bits per heavy atom. The fraction of sp³-hybridized carbons (Fsp3) is 0.200. The van der Waals surface area contributed by atoms with E-state index in [-0.39, 0.29) is 0 Å². The summed E-state index contributed by atoms with van der Waals surface area (Å²) in [6, 6.07) is 1.57. The molecule has 0 atom stereocenters. The molecular formula is C5H5FN2. The summed E-state index contributed by atoms with van der Waals surface area (Å²) in [4.78, 5) is 0. The van der Waals surface area contributed by atoms with Gasteiger partial charge in [-0.05, 0) is 13.0 Å². The predicted molar refractivity (Wildman–Crippen MR) is 26.7 cm³/mol. The second-order valence-corrected chi connectivity index (χ2v) is 1.51. The van der Waals surface area contributed by atoms with E-state index in [4.69, 9.17) is 0 Å². The van der Waals surface area contributed by atoms with Crippen LogP contribution in [-0.4, -0.2) is 10.2 Å². The molecule has 8 heavy (non-hydrogen) atoms. The molecule has 0 amide bonds. The number of nitrogens with zero attached hydrogens (tertiary/aromatic N) is 2. The first-order valence-corrected chi connectivity index (χ1v) is 2.24. The number of rotatable bonds is 0. The lowest BCUT2D eigenvalue weighted by atomic mass is 10.3. The first-order valence-electron chi connectivity index (χ1n) is 2.24. The topological polar surface area (TPSA) is 25.8 Å². The smallest absolute Gasteiger partial charge is 0.183 e. The SMILES string of the molecule is Cc1ccnnc1F. The van der Waals surface area contributed by atoms with E-state index in [9.17, 15) is 4.39 Å². The lowest BCUT2D eigenvalue weighted by Crippen LogP contribution is -1.88. The van der Waals surface area contributed by atoms with Crippen LogP contribution < -0.4 is 0 Å². The summed E-state index contributed by atoms with van der Waals surface area (Å²) >= 11 is 0. The Morgan fingerprint density at radius 2 is 2.38 bits per heavy atom. The van der Waals surface area contributed by atoms with Gasteiger partial charge in [-0.1, -0.05) is 0 Å². The highest BCUT2D eigenvalue weighted by Crippen LogP contribution is 1.95. The van der Waals surface area contributed by atoms with Crippen LogP contribution in [-0.2, 0) is 0 Å². The minimum Gasteiger partial charge on any atom is -0.183 e. The number of halogens is 1. The molecule has 0 saturated carbocycles. The molecule has 0 aliphatic rings. The van der Waals surface area contributed by atoms with Crippen LogP contribution in [0.5, 0.6) is 0 Å². The Hall–Kier alpha value is -0.990. The predicted octanol–water partition coefficient (Wildman–Crippen LogP) is 0.924. The maximum Gasteiger partial charge on any atom is 0.236 e. The zero-order chi connectivity index (χ0) is 5.98. The molecule has 0 unspecified atom stereocenters. The summed E-state index contributed by atoms with van der Waals surface area (Å²) in [5.41, 5.74) is 0.528. The summed E-state index contributed by atoms with van der Waals surface area (Å²) in [5, 5.41) is 6.48. The molecule has 1 aromatic heterocycles. The van der Waals surface area contributed by atoms with Crippen molar-refractivity contribution in [1.82, 2.24) is 10.2 Å². The summed E-state index contributed by atoms with van der Waals surface area (Å²) in [6.07, 6.45) is 1.46. The fourth-order valence-corrected chi connectivity index (χ4v) is 0.377. The van der Waals surface area contributed by atoms with Gasteiger partial charge in [-0.25, -0.2) is 0 Å². The van der Waals surface area contributed by atoms with Gasteiger partial charge in [0.15, 0.2) is 0 Å². The lowest BCUT2D eigenvalue weighted by Gasteiger charge is -1.86. The first-order chi connectivity index (χ1) is 3.80. The summed E-state index contributed by atoms with van der Waals surface area (Å²) in [5.74, 6) is -0.493. The largest absolute Gasteiger partial charge is 0.236 e. The van der Waals surface area contributed by atoms with E-state index < -0.39 is 5.95 Å². The molecule has 3 heteroatoms. The second kappa shape index (κ2) is 1.86. The average molecular weight is 112 g/mol. The number of aromatic nitrogens is 2. The lowest BCUT2D eigenvalue weighted by molar-refractivity contribution is 0.554. The van der Waals surface area contributed by atoms with Crippen molar-refractivity contribution >= 4 is 0 Å². The third kappa shape index (κ3) is 0.804. The molecule has 0 aromatic carbocycles. The molecule has 2 nitrogen and oxygen atoms in total. The maximum atomic E-state index is 12.1. The van der Waals surface area contributed by atoms with Crippen molar-refractivity contribution in [3.05, 3.63) is 23.8 Å². The van der Waals surface area contributed by atoms with Gasteiger partial charge in [-0.3, -0.25) is 0 Å². The Kier molecular flexibility index (Phi) is 1.20. The van der Waals surface area contributed by atoms with Crippen molar-refractivity contribution in [3.63, 3.8) is 0 Å². The molecule has 0 bridgehead atoms. The van der Waals surface area contributed by atoms with Gasteiger partial charge in [0.25, 0.3) is 0 Å². The van der Waals surface area contributed by atoms with Crippen LogP contribution >= 0.6 is 0 Å². The van der Waals surface area contributed by atoms with Crippen LogP contribution in [0.15, 0.2) is 12.3 Å². The van der Waals surface area contributed by atoms with E-state index in [0.717, 1.165) is 0 Å². The third-order valence-corrected chi connectivity index (χ3v) is 0.862. The van der Waals surface area contributed by atoms with Gasteiger partial charge in [-0.2, -0.15) is 9.49 Å². The Bertz CT molecular complexity index is 167. The van der Waals surface area contributed by atoms with E-state index in [2.05, 4.69) is 10.2 Å². The number of hydrogen-bond acceptors (Lipinski definition) is 2. The minimum atomic E-state index is -0.493. The highest BCUT2D eigenvalue weighted by Gasteiger charge is 1.92. The molecule has 0 aliphatic carbocycles. The summed E-state index contributed by atoms with van der Waals surface area (Å²) in [6.45, 7) is 1.64. The zero-order valence-electron chi connectivity index (χ0n) is 4.43. The summed E-state index contributed by atoms with van der Waals surface area (Å²) in [7, 11) is 0. The van der Waals surface area contributed by atoms with E-state index in [1.165, 1.54) is 6.20 Å². The standard InChI is InChI=1S/C5H5FN2/c1-4-2-3-7-8-5(4)6/h2-3H,1H3. The number of aryl methyl sites for hydroxylation is 1. The van der Waals surface area contributed by atoms with E-state index in [0.29, 0.717) is 5.56 Å². The van der Waals surface area contributed by atoms with Crippen LogP contribution in [0, 0.1) is 12.9 Å². The van der Waals surface area contributed by atoms with Crippen LogP contribution in [0.4, 0.5) is 4.39 Å². The van der Waals surface area contributed by atoms with Gasteiger partial charge in [0.05, 0.1) is 6.20 Å². The van der Waals surface area contributed by atoms with Crippen LogP contribution in [0.1, 0.15) is 5.56 Å². The van der Waals surface area contributed by atoms with Crippen molar-refractivity contribution in [2.24, 2.45) is 0 Å². The van der Waals surface area contributed by atoms with Gasteiger partial charge in [0.2, 0.25) is 5.95 Å². The quantitative estimate of drug-likeness (QED) is 0.498. The van der Waals surface area contributed by atoms with Gasteiger partial charge in [-0.15, -0.1) is 5.10 Å². The Balaban J connectivity index is 3.13. The summed E-state index contributed by atoms with van der Waals surface area (Å²) < 4.78 is 12.1. The monoisotopic (exact) mass is 112 g/mol. The molecule has 0 fully saturated rings. The molecule has 42 valence electrons. The molecule has 0 aliphatic heterocycles. The zero-order valence-corrected chi connectivity index (χ0v) is 4.43. The Morgan fingerprint density at radius 1 is 1.62 bits per heavy atom. The van der Waals surface area contributed by atoms with E-state index >= 15 is 0 Å². The molecular weight excluding hydrogens is 107 g/mol. The minimum absolute atomic E-state index is 0.493. The molecule has 0 spiro atoms. The molecule has 1 rings (SSSR count). The van der Waals surface area contributed by atoms with E-state index in [1.807, 2.05) is 0 Å². The van der Waals surface area contributed by atoms with Crippen LogP contribution in [0.2, 0.25) is 0 Å². The first kappa shape index (κ1) is 5.15. The van der Waals surface area contributed by atoms with Gasteiger partial charge in [0.1, 0.15) is 0 Å². The average Bonchev–Trinajstić information content (AvgIpc) is 1.77. The fourth-order valence-electron chi connectivity index (χ4n) is 0.377. The van der Waals surface area contributed by atoms with Crippen molar-refractivity contribution in [2.75, 3.05) is 0 Å². The van der Waals surface area contributed by atoms with Crippen molar-refractivity contribution < 1.29 is 4.39 Å². The van der Waals surface area contributed by atoms with Gasteiger partial charge >= 0.3 is 0 Å². The number of hydrogen-bond donors (Lipinski definition) is 0.